The zero-order valence-electron chi connectivity index (χ0n) is 17.8. The molecule has 1 amide bonds. The molecule has 0 aliphatic rings. The number of hydrogen-bond donors (Lipinski definition) is 2. The average Bonchev–Trinajstić information content (AvgIpc) is 2.67. The van der Waals surface area contributed by atoms with Gasteiger partial charge in [-0.25, -0.2) is 4.79 Å². The summed E-state index contributed by atoms with van der Waals surface area (Å²) in [7, 11) is 1.82. The van der Waals surface area contributed by atoms with Crippen LogP contribution in [-0.4, -0.2) is 52.7 Å². The van der Waals surface area contributed by atoms with Crippen molar-refractivity contribution in [1.82, 2.24) is 5.32 Å². The summed E-state index contributed by atoms with van der Waals surface area (Å²) in [5, 5.41) is 14.0. The summed E-state index contributed by atoms with van der Waals surface area (Å²) < 4.78 is 16.5. The number of aryl methyl sites for hydroxylation is 1. The minimum absolute atomic E-state index is 0.000155. The van der Waals surface area contributed by atoms with Crippen molar-refractivity contribution in [2.24, 2.45) is 0 Å². The highest BCUT2D eigenvalue weighted by Gasteiger charge is 2.37. The Kier molecular flexibility index (Phi) is 7.18. The maximum atomic E-state index is 12.9. The molecule has 0 heterocycles. The van der Waals surface area contributed by atoms with E-state index in [1.165, 1.54) is 0 Å². The summed E-state index contributed by atoms with van der Waals surface area (Å²) in [5.74, 6) is -1.56. The monoisotopic (exact) mass is 419 g/mol. The predicted octanol–water partition coefficient (Wildman–Crippen LogP) is 3.49. The maximum absolute atomic E-state index is 12.9. The van der Waals surface area contributed by atoms with Crippen LogP contribution in [0.25, 0.3) is 10.8 Å². The Morgan fingerprint density at radius 1 is 1.03 bits per heavy atom. The third-order valence-electron chi connectivity index (χ3n) is 4.71. The van der Waals surface area contributed by atoms with Crippen LogP contribution in [0.4, 0.5) is 0 Å². The van der Waals surface area contributed by atoms with E-state index in [0.717, 1.165) is 10.9 Å². The molecule has 2 rings (SSSR count). The van der Waals surface area contributed by atoms with Crippen LogP contribution in [0, 0.1) is 0 Å². The Hall–Kier alpha value is -2.26. The summed E-state index contributed by atoms with van der Waals surface area (Å²) in [6.07, 6.45) is 0.512. The topological polar surface area (TPSA) is 94.1 Å². The second kappa shape index (κ2) is 9.04. The number of fused-ring (bicyclic) bond motifs is 1. The van der Waals surface area contributed by atoms with Crippen molar-refractivity contribution in [1.29, 1.82) is 0 Å². The van der Waals surface area contributed by atoms with Crippen molar-refractivity contribution in [3.8, 4) is 0 Å². The van der Waals surface area contributed by atoms with E-state index in [0.29, 0.717) is 17.9 Å². The second-order valence-corrected chi connectivity index (χ2v) is 10.9. The largest absolute Gasteiger partial charge is 0.500 e. The molecule has 0 aliphatic carbocycles. The fourth-order valence-corrected chi connectivity index (χ4v) is 5.01. The van der Waals surface area contributed by atoms with E-state index in [2.05, 4.69) is 5.32 Å². The maximum Gasteiger partial charge on any atom is 0.500 e. The quantitative estimate of drug-likeness (QED) is 0.636. The molecule has 0 aliphatic heterocycles. The van der Waals surface area contributed by atoms with Crippen LogP contribution in [-0.2, 0) is 19.7 Å². The summed E-state index contributed by atoms with van der Waals surface area (Å²) in [4.78, 5) is 25.0. The van der Waals surface area contributed by atoms with Gasteiger partial charge in [0.15, 0.2) is 0 Å². The van der Waals surface area contributed by atoms with Gasteiger partial charge in [-0.15, -0.1) is 0 Å². The van der Waals surface area contributed by atoms with E-state index in [4.69, 9.17) is 13.3 Å². The molecule has 2 aromatic carbocycles. The Balaban J connectivity index is 2.63. The number of aromatic carboxylic acids is 1. The van der Waals surface area contributed by atoms with Crippen molar-refractivity contribution in [3.05, 3.63) is 47.0 Å². The van der Waals surface area contributed by atoms with E-state index in [9.17, 15) is 14.7 Å². The number of rotatable bonds is 8. The molecule has 0 radical (unpaired) electrons. The number of hydrogen-bond acceptors (Lipinski definition) is 5. The van der Waals surface area contributed by atoms with Crippen LogP contribution in [0.15, 0.2) is 30.3 Å². The Morgan fingerprint density at radius 3 is 2.07 bits per heavy atom. The molecule has 7 nitrogen and oxygen atoms in total. The van der Waals surface area contributed by atoms with Crippen molar-refractivity contribution in [2.45, 2.75) is 38.8 Å². The lowest BCUT2D eigenvalue weighted by molar-refractivity contribution is 0.0692. The lowest BCUT2D eigenvalue weighted by Gasteiger charge is -2.25. The number of carboxylic acid groups (broad SMARTS) is 1. The van der Waals surface area contributed by atoms with Crippen LogP contribution >= 0.6 is 0 Å². The number of carbonyl (C=O) groups is 2. The first-order chi connectivity index (χ1) is 13.6. The van der Waals surface area contributed by atoms with Gasteiger partial charge in [0.05, 0.1) is 11.1 Å². The minimum Gasteiger partial charge on any atom is -0.478 e. The highest BCUT2D eigenvalue weighted by atomic mass is 28.4. The van der Waals surface area contributed by atoms with Crippen molar-refractivity contribution >= 4 is 31.5 Å². The van der Waals surface area contributed by atoms with Gasteiger partial charge in [0.1, 0.15) is 0 Å². The first-order valence-corrected chi connectivity index (χ1v) is 11.3. The number of carbonyl (C=O) groups excluding carboxylic acids is 1. The molecular weight excluding hydrogens is 390 g/mol. The normalized spacial score (nSPS) is 12.2. The molecule has 0 saturated heterocycles. The van der Waals surface area contributed by atoms with Crippen LogP contribution in [0.3, 0.4) is 0 Å². The molecule has 0 saturated carbocycles. The van der Waals surface area contributed by atoms with Crippen molar-refractivity contribution < 1.29 is 28.0 Å². The molecule has 158 valence electrons. The predicted molar refractivity (Wildman–Crippen MR) is 113 cm³/mol. The third kappa shape index (κ3) is 5.21. The highest BCUT2D eigenvalue weighted by Crippen LogP contribution is 2.29. The molecule has 29 heavy (non-hydrogen) atoms. The zero-order valence-corrected chi connectivity index (χ0v) is 18.8. The van der Waals surface area contributed by atoms with Gasteiger partial charge in [-0.3, -0.25) is 4.79 Å². The standard InChI is InChI=1S/C21H29NO6Si/c1-21(2,3)22-19(23)17-13-14(11-12-29(26-4,27-5)28-6)15-9-7-8-10-16(15)18(17)20(24)25/h7-10,13H,11-12H2,1-6H3,(H,22,23)(H,24,25). The molecule has 8 heteroatoms. The lowest BCUT2D eigenvalue weighted by Crippen LogP contribution is -2.43. The average molecular weight is 420 g/mol. The van der Waals surface area contributed by atoms with E-state index in [1.807, 2.05) is 32.9 Å². The highest BCUT2D eigenvalue weighted by molar-refractivity contribution is 6.60. The zero-order chi connectivity index (χ0) is 21.8. The molecule has 0 unspecified atom stereocenters. The van der Waals surface area contributed by atoms with Crippen LogP contribution < -0.4 is 5.32 Å². The molecule has 0 bridgehead atoms. The van der Waals surface area contributed by atoms with E-state index in [-0.39, 0.29) is 11.1 Å². The molecule has 0 atom stereocenters. The van der Waals surface area contributed by atoms with E-state index >= 15 is 0 Å². The van der Waals surface area contributed by atoms with Gasteiger partial charge in [-0.2, -0.15) is 0 Å². The molecule has 0 fully saturated rings. The molecule has 0 spiro atoms. The van der Waals surface area contributed by atoms with Gasteiger partial charge < -0.3 is 23.7 Å². The number of benzene rings is 2. The third-order valence-corrected chi connectivity index (χ3v) is 7.44. The SMILES string of the molecule is CO[Si](CCc1cc(C(=O)NC(C)(C)C)c(C(=O)O)c2ccccc12)(OC)OC. The smallest absolute Gasteiger partial charge is 0.478 e. The number of nitrogens with one attached hydrogen (secondary N) is 1. The fourth-order valence-electron chi connectivity index (χ4n) is 3.32. The summed E-state index contributed by atoms with van der Waals surface area (Å²) in [5.41, 5.74) is 0.483. The van der Waals surface area contributed by atoms with Gasteiger partial charge in [0.2, 0.25) is 0 Å². The Bertz CT molecular complexity index is 894. The van der Waals surface area contributed by atoms with Gasteiger partial charge >= 0.3 is 14.8 Å². The first kappa shape index (κ1) is 23.0. The van der Waals surface area contributed by atoms with E-state index in [1.54, 1.807) is 39.5 Å². The van der Waals surface area contributed by atoms with Crippen molar-refractivity contribution in [3.63, 3.8) is 0 Å². The van der Waals surface area contributed by atoms with Gasteiger partial charge in [0, 0.05) is 32.9 Å². The van der Waals surface area contributed by atoms with Gasteiger partial charge in [-0.1, -0.05) is 24.3 Å². The van der Waals surface area contributed by atoms with Gasteiger partial charge in [0.25, 0.3) is 5.91 Å². The lowest BCUT2D eigenvalue weighted by atomic mass is 9.92. The molecule has 0 aromatic heterocycles. The Morgan fingerprint density at radius 2 is 1.59 bits per heavy atom. The molecular formula is C21H29NO6Si. The second-order valence-electron chi connectivity index (χ2n) is 7.81. The number of amides is 1. The first-order valence-electron chi connectivity index (χ1n) is 9.33. The van der Waals surface area contributed by atoms with Crippen molar-refractivity contribution in [2.75, 3.05) is 21.3 Å². The summed E-state index contributed by atoms with van der Waals surface area (Å²) >= 11 is 0. The van der Waals surface area contributed by atoms with Crippen LogP contribution in [0.2, 0.25) is 6.04 Å². The Labute approximate surface area is 172 Å². The molecule has 2 aromatic rings. The minimum atomic E-state index is -2.82. The summed E-state index contributed by atoms with van der Waals surface area (Å²) in [6.45, 7) is 5.55. The number of carboxylic acids is 1. The van der Waals surface area contributed by atoms with Crippen LogP contribution in [0.5, 0.6) is 0 Å². The van der Waals surface area contributed by atoms with E-state index < -0.39 is 26.2 Å². The van der Waals surface area contributed by atoms with Gasteiger partial charge in [-0.05, 0) is 49.6 Å². The summed E-state index contributed by atoms with van der Waals surface area (Å²) in [6, 6.07) is 9.35. The fraction of sp³-hybridized carbons (Fsp3) is 0.429. The van der Waals surface area contributed by atoms with Crippen LogP contribution in [0.1, 0.15) is 47.1 Å². The molecule has 2 N–H and O–H groups in total.